The van der Waals surface area contributed by atoms with E-state index < -0.39 is 15.9 Å². The number of hydrogen-bond acceptors (Lipinski definition) is 3. The number of carbonyl (C=O) groups is 1. The molecule has 1 aromatic heterocycles. The van der Waals surface area contributed by atoms with Crippen molar-refractivity contribution in [2.75, 3.05) is 14.1 Å². The van der Waals surface area contributed by atoms with Gasteiger partial charge in [-0.3, -0.25) is 4.79 Å². The van der Waals surface area contributed by atoms with E-state index in [-0.39, 0.29) is 15.5 Å². The van der Waals surface area contributed by atoms with Gasteiger partial charge in [0.2, 0.25) is 10.0 Å². The molecule has 29 heavy (non-hydrogen) atoms. The lowest BCUT2D eigenvalue weighted by molar-refractivity contribution is 0.0997. The highest BCUT2D eigenvalue weighted by Crippen LogP contribution is 2.22. The van der Waals surface area contributed by atoms with Gasteiger partial charge in [-0.15, -0.1) is 0 Å². The van der Waals surface area contributed by atoms with E-state index in [1.807, 2.05) is 47.2 Å². The molecule has 0 spiro atoms. The Bertz CT molecular complexity index is 1200. The van der Waals surface area contributed by atoms with E-state index in [9.17, 15) is 13.2 Å². The van der Waals surface area contributed by atoms with Crippen LogP contribution in [-0.2, 0) is 16.6 Å². The zero-order valence-corrected chi connectivity index (χ0v) is 17.6. The minimum absolute atomic E-state index is 0.0179. The molecule has 0 N–H and O–H groups in total. The Hall–Kier alpha value is -2.74. The van der Waals surface area contributed by atoms with Crippen molar-refractivity contribution in [2.45, 2.75) is 11.4 Å². The standard InChI is InChI=1S/C21H20ClN3O3S/c1-24(2)29(27,28)17-11-12-19(22)18(14-17)21(26)23-20-10-6-7-13-25(20)15-16-8-4-3-5-9-16/h3-14H,15H2,1-2H3. The van der Waals surface area contributed by atoms with Gasteiger partial charge < -0.3 is 4.57 Å². The van der Waals surface area contributed by atoms with Crippen molar-refractivity contribution in [1.29, 1.82) is 0 Å². The van der Waals surface area contributed by atoms with E-state index in [4.69, 9.17) is 11.6 Å². The fourth-order valence-electron chi connectivity index (χ4n) is 2.69. The lowest BCUT2D eigenvalue weighted by Crippen LogP contribution is -2.23. The topological polar surface area (TPSA) is 71.7 Å². The number of halogens is 1. The van der Waals surface area contributed by atoms with Crippen LogP contribution >= 0.6 is 11.6 Å². The van der Waals surface area contributed by atoms with Crippen LogP contribution in [0.15, 0.2) is 82.8 Å². The van der Waals surface area contributed by atoms with Crippen LogP contribution in [0.1, 0.15) is 15.9 Å². The number of benzene rings is 2. The Balaban J connectivity index is 2.02. The Morgan fingerprint density at radius 1 is 1.03 bits per heavy atom. The van der Waals surface area contributed by atoms with E-state index >= 15 is 0 Å². The first-order valence-corrected chi connectivity index (χ1v) is 10.6. The average molecular weight is 430 g/mol. The maximum absolute atomic E-state index is 12.8. The molecule has 0 saturated carbocycles. The Kier molecular flexibility index (Phi) is 6.32. The van der Waals surface area contributed by atoms with Crippen molar-refractivity contribution in [2.24, 2.45) is 4.99 Å². The third-order valence-corrected chi connectivity index (χ3v) is 6.42. The van der Waals surface area contributed by atoms with Gasteiger partial charge in [-0.1, -0.05) is 48.0 Å². The zero-order chi connectivity index (χ0) is 21.0. The molecule has 0 fully saturated rings. The SMILES string of the molecule is CN(C)S(=O)(=O)c1ccc(Cl)c(C(=O)N=c2ccccn2Cc2ccccc2)c1. The lowest BCUT2D eigenvalue weighted by Gasteiger charge is -2.12. The van der Waals surface area contributed by atoms with Crippen molar-refractivity contribution in [3.05, 3.63) is 94.6 Å². The molecule has 0 atom stereocenters. The summed E-state index contributed by atoms with van der Waals surface area (Å²) in [5.41, 5.74) is 1.53. The van der Waals surface area contributed by atoms with Crippen molar-refractivity contribution in [3.63, 3.8) is 0 Å². The van der Waals surface area contributed by atoms with Crippen LogP contribution in [0.3, 0.4) is 0 Å². The van der Waals surface area contributed by atoms with Crippen LogP contribution in [0.25, 0.3) is 0 Å². The van der Waals surface area contributed by atoms with Crippen molar-refractivity contribution < 1.29 is 13.2 Å². The van der Waals surface area contributed by atoms with Gasteiger partial charge in [-0.2, -0.15) is 4.99 Å². The number of pyridine rings is 1. The highest BCUT2D eigenvalue weighted by Gasteiger charge is 2.20. The quantitative estimate of drug-likeness (QED) is 0.625. The summed E-state index contributed by atoms with van der Waals surface area (Å²) in [6.45, 7) is 0.538. The molecule has 0 aliphatic heterocycles. The van der Waals surface area contributed by atoms with Crippen molar-refractivity contribution in [1.82, 2.24) is 8.87 Å². The number of rotatable bonds is 5. The fraction of sp³-hybridized carbons (Fsp3) is 0.143. The Labute approximate surface area is 174 Å². The summed E-state index contributed by atoms with van der Waals surface area (Å²) < 4.78 is 27.7. The maximum Gasteiger partial charge on any atom is 0.280 e. The molecular weight excluding hydrogens is 410 g/mol. The number of aromatic nitrogens is 1. The molecule has 0 aliphatic rings. The summed E-state index contributed by atoms with van der Waals surface area (Å²) in [6, 6.07) is 19.2. The minimum Gasteiger partial charge on any atom is -0.328 e. The van der Waals surface area contributed by atoms with E-state index in [2.05, 4.69) is 4.99 Å². The third-order valence-electron chi connectivity index (χ3n) is 4.28. The molecule has 3 aromatic rings. The maximum atomic E-state index is 12.8. The highest BCUT2D eigenvalue weighted by molar-refractivity contribution is 7.89. The van der Waals surface area contributed by atoms with Crippen molar-refractivity contribution >= 4 is 27.5 Å². The second kappa shape index (κ2) is 8.73. The lowest BCUT2D eigenvalue weighted by atomic mass is 10.2. The van der Waals surface area contributed by atoms with E-state index in [0.717, 1.165) is 9.87 Å². The van der Waals surface area contributed by atoms with Crippen LogP contribution in [0.2, 0.25) is 5.02 Å². The fourth-order valence-corrected chi connectivity index (χ4v) is 3.81. The van der Waals surface area contributed by atoms with Gasteiger partial charge in [0.25, 0.3) is 5.91 Å². The molecule has 0 unspecified atom stereocenters. The summed E-state index contributed by atoms with van der Waals surface area (Å²) in [6.07, 6.45) is 1.83. The normalized spacial score (nSPS) is 12.3. The third kappa shape index (κ3) is 4.82. The summed E-state index contributed by atoms with van der Waals surface area (Å²) in [7, 11) is -0.850. The van der Waals surface area contributed by atoms with Gasteiger partial charge in [-0.25, -0.2) is 12.7 Å². The van der Waals surface area contributed by atoms with E-state index in [1.165, 1.54) is 32.3 Å². The summed E-state index contributed by atoms with van der Waals surface area (Å²) in [4.78, 5) is 17.0. The van der Waals surface area contributed by atoms with Crippen LogP contribution in [0.5, 0.6) is 0 Å². The monoisotopic (exact) mass is 429 g/mol. The van der Waals surface area contributed by atoms with Crippen LogP contribution < -0.4 is 5.49 Å². The molecule has 150 valence electrons. The number of nitrogens with zero attached hydrogens (tertiary/aromatic N) is 3. The van der Waals surface area contributed by atoms with Gasteiger partial charge in [0.15, 0.2) is 0 Å². The smallest absolute Gasteiger partial charge is 0.280 e. The molecule has 0 saturated heterocycles. The molecule has 6 nitrogen and oxygen atoms in total. The minimum atomic E-state index is -3.70. The molecule has 2 aromatic carbocycles. The van der Waals surface area contributed by atoms with Crippen molar-refractivity contribution in [3.8, 4) is 0 Å². The first-order chi connectivity index (χ1) is 13.8. The molecule has 8 heteroatoms. The number of carbonyl (C=O) groups excluding carboxylic acids is 1. The molecule has 3 rings (SSSR count). The largest absolute Gasteiger partial charge is 0.328 e. The average Bonchev–Trinajstić information content (AvgIpc) is 2.70. The molecule has 0 aliphatic carbocycles. The van der Waals surface area contributed by atoms with Gasteiger partial charge in [0, 0.05) is 26.8 Å². The number of amides is 1. The van der Waals surface area contributed by atoms with E-state index in [0.29, 0.717) is 12.0 Å². The van der Waals surface area contributed by atoms with Gasteiger partial charge >= 0.3 is 0 Å². The molecule has 1 amide bonds. The van der Waals surface area contributed by atoms with Crippen LogP contribution in [0.4, 0.5) is 0 Å². The first kappa shape index (κ1) is 21.0. The molecule has 0 bridgehead atoms. The second-order valence-electron chi connectivity index (χ2n) is 6.52. The van der Waals surface area contributed by atoms with Crippen LogP contribution in [-0.4, -0.2) is 37.3 Å². The summed E-state index contributed by atoms with van der Waals surface area (Å²) >= 11 is 6.16. The first-order valence-electron chi connectivity index (χ1n) is 8.79. The summed E-state index contributed by atoms with van der Waals surface area (Å²) in [5.74, 6) is -0.612. The number of hydrogen-bond donors (Lipinski definition) is 0. The zero-order valence-electron chi connectivity index (χ0n) is 16.0. The van der Waals surface area contributed by atoms with E-state index in [1.54, 1.807) is 12.1 Å². The second-order valence-corrected chi connectivity index (χ2v) is 9.08. The predicted molar refractivity (Wildman–Crippen MR) is 112 cm³/mol. The van der Waals surface area contributed by atoms with Gasteiger partial charge in [0.1, 0.15) is 5.49 Å². The predicted octanol–water partition coefficient (Wildman–Crippen LogP) is 3.18. The molecular formula is C21H20ClN3O3S. The Morgan fingerprint density at radius 2 is 1.72 bits per heavy atom. The van der Waals surface area contributed by atoms with Crippen LogP contribution in [0, 0.1) is 0 Å². The van der Waals surface area contributed by atoms with Gasteiger partial charge in [0.05, 0.1) is 15.5 Å². The molecule has 1 heterocycles. The molecule has 0 radical (unpaired) electrons. The number of sulfonamides is 1. The summed E-state index contributed by atoms with van der Waals surface area (Å²) in [5, 5.41) is 0.141. The highest BCUT2D eigenvalue weighted by atomic mass is 35.5. The Morgan fingerprint density at radius 3 is 2.41 bits per heavy atom. The van der Waals surface area contributed by atoms with Gasteiger partial charge in [-0.05, 0) is 35.9 Å².